The monoisotopic (exact) mass is 373 g/mol. The van der Waals surface area contributed by atoms with Gasteiger partial charge in [0.15, 0.2) is 5.54 Å². The second-order valence-electron chi connectivity index (χ2n) is 6.68. The molecule has 0 radical (unpaired) electrons. The maximum absolute atomic E-state index is 13.1. The highest BCUT2D eigenvalue weighted by Gasteiger charge is 2.50. The van der Waals surface area contributed by atoms with Gasteiger partial charge in [-0.05, 0) is 37.3 Å². The summed E-state index contributed by atoms with van der Waals surface area (Å²) in [6.07, 6.45) is 1.60. The molecular weight excluding hydrogens is 354 g/mol. The molecule has 0 aliphatic carbocycles. The van der Waals surface area contributed by atoms with Crippen LogP contribution in [0.4, 0.5) is 4.79 Å². The molecular formula is C22H19N3O3. The molecule has 3 amide bonds. The minimum Gasteiger partial charge on any atom is -0.457 e. The Bertz CT molecular complexity index is 1010. The first-order valence-electron chi connectivity index (χ1n) is 8.94. The molecule has 3 aromatic rings. The molecule has 1 N–H and O–H groups in total. The highest BCUT2D eigenvalue weighted by Crippen LogP contribution is 2.31. The van der Waals surface area contributed by atoms with E-state index in [0.29, 0.717) is 17.2 Å². The van der Waals surface area contributed by atoms with Crippen LogP contribution in [0.2, 0.25) is 0 Å². The van der Waals surface area contributed by atoms with Crippen molar-refractivity contribution in [3.63, 3.8) is 0 Å². The van der Waals surface area contributed by atoms with Crippen molar-refractivity contribution in [1.29, 1.82) is 0 Å². The number of hydrogen-bond donors (Lipinski definition) is 1. The second-order valence-corrected chi connectivity index (χ2v) is 6.68. The average Bonchev–Trinajstić information content (AvgIpc) is 2.95. The van der Waals surface area contributed by atoms with Gasteiger partial charge in [-0.2, -0.15) is 0 Å². The van der Waals surface area contributed by atoms with Crippen molar-refractivity contribution in [2.24, 2.45) is 0 Å². The van der Waals surface area contributed by atoms with Gasteiger partial charge in [-0.3, -0.25) is 14.7 Å². The zero-order valence-electron chi connectivity index (χ0n) is 15.3. The van der Waals surface area contributed by atoms with Crippen molar-refractivity contribution >= 4 is 11.9 Å². The first kappa shape index (κ1) is 17.7. The number of benzene rings is 2. The highest BCUT2D eigenvalue weighted by atomic mass is 16.5. The Morgan fingerprint density at radius 1 is 0.964 bits per heavy atom. The molecule has 4 rings (SSSR count). The molecule has 1 aliphatic rings. The quantitative estimate of drug-likeness (QED) is 0.690. The number of carbonyl (C=O) groups excluding carboxylic acids is 2. The number of para-hydroxylation sites is 2. The third-order valence-corrected chi connectivity index (χ3v) is 4.72. The van der Waals surface area contributed by atoms with E-state index in [4.69, 9.17) is 4.74 Å². The van der Waals surface area contributed by atoms with Crippen LogP contribution in [0.3, 0.4) is 0 Å². The van der Waals surface area contributed by atoms with Crippen LogP contribution in [0.5, 0.6) is 11.5 Å². The lowest BCUT2D eigenvalue weighted by atomic mass is 9.97. The topological polar surface area (TPSA) is 71.5 Å². The standard InChI is InChI=1S/C22H19N3O3/c1-22(19-13-7-8-14-23-19)20(26)25(21(27)24-22)15-16-9-5-6-12-18(16)28-17-10-3-2-4-11-17/h2-14H,15H2,1H3,(H,24,27). The summed E-state index contributed by atoms with van der Waals surface area (Å²) in [5.41, 5.74) is 0.0536. The van der Waals surface area contributed by atoms with Crippen LogP contribution in [-0.2, 0) is 16.9 Å². The van der Waals surface area contributed by atoms with Crippen LogP contribution >= 0.6 is 0 Å². The normalized spacial score (nSPS) is 18.8. The van der Waals surface area contributed by atoms with E-state index in [-0.39, 0.29) is 12.5 Å². The number of imide groups is 1. The van der Waals surface area contributed by atoms with Crippen molar-refractivity contribution in [2.45, 2.75) is 19.0 Å². The lowest BCUT2D eigenvalue weighted by molar-refractivity contribution is -0.131. The van der Waals surface area contributed by atoms with E-state index in [1.54, 1.807) is 31.3 Å². The number of aromatic nitrogens is 1. The molecule has 1 fully saturated rings. The molecule has 0 saturated carbocycles. The Balaban J connectivity index is 1.60. The number of urea groups is 1. The average molecular weight is 373 g/mol. The minimum atomic E-state index is -1.19. The molecule has 1 saturated heterocycles. The smallest absolute Gasteiger partial charge is 0.325 e. The van der Waals surface area contributed by atoms with E-state index in [2.05, 4.69) is 10.3 Å². The molecule has 6 heteroatoms. The number of hydrogen-bond acceptors (Lipinski definition) is 4. The number of rotatable bonds is 5. The Morgan fingerprint density at radius 2 is 1.68 bits per heavy atom. The molecule has 6 nitrogen and oxygen atoms in total. The fraction of sp³-hybridized carbons (Fsp3) is 0.136. The summed E-state index contributed by atoms with van der Waals surface area (Å²) in [7, 11) is 0. The SMILES string of the molecule is CC1(c2ccccn2)NC(=O)N(Cc2ccccc2Oc2ccccc2)C1=O. The van der Waals surface area contributed by atoms with Crippen molar-refractivity contribution in [3.05, 3.63) is 90.3 Å². The number of nitrogens with one attached hydrogen (secondary N) is 1. The van der Waals surface area contributed by atoms with Gasteiger partial charge in [0, 0.05) is 11.8 Å². The van der Waals surface area contributed by atoms with Gasteiger partial charge >= 0.3 is 6.03 Å². The Hall–Kier alpha value is -3.67. The maximum Gasteiger partial charge on any atom is 0.325 e. The van der Waals surface area contributed by atoms with Gasteiger partial charge in [0.25, 0.3) is 5.91 Å². The predicted molar refractivity (Wildman–Crippen MR) is 104 cm³/mol. The van der Waals surface area contributed by atoms with Gasteiger partial charge in [0.05, 0.1) is 12.2 Å². The maximum atomic E-state index is 13.1. The number of amides is 3. The molecule has 1 unspecified atom stereocenters. The summed E-state index contributed by atoms with van der Waals surface area (Å²) in [6.45, 7) is 1.78. The predicted octanol–water partition coefficient (Wildman–Crippen LogP) is 3.84. The summed E-state index contributed by atoms with van der Waals surface area (Å²) in [5.74, 6) is 0.942. The van der Waals surface area contributed by atoms with Crippen LogP contribution in [0.1, 0.15) is 18.2 Å². The van der Waals surface area contributed by atoms with Gasteiger partial charge in [-0.15, -0.1) is 0 Å². The van der Waals surface area contributed by atoms with Gasteiger partial charge < -0.3 is 10.1 Å². The van der Waals surface area contributed by atoms with Crippen molar-refractivity contribution < 1.29 is 14.3 Å². The van der Waals surface area contributed by atoms with E-state index in [1.807, 2.05) is 54.6 Å². The van der Waals surface area contributed by atoms with E-state index >= 15 is 0 Å². The zero-order chi connectivity index (χ0) is 19.6. The Labute approximate surface area is 162 Å². The van der Waals surface area contributed by atoms with E-state index in [1.165, 1.54) is 4.90 Å². The van der Waals surface area contributed by atoms with Crippen molar-refractivity contribution in [1.82, 2.24) is 15.2 Å². The number of nitrogens with zero attached hydrogens (tertiary/aromatic N) is 2. The molecule has 28 heavy (non-hydrogen) atoms. The second kappa shape index (κ2) is 7.15. The summed E-state index contributed by atoms with van der Waals surface area (Å²) in [6, 6.07) is 21.6. The molecule has 1 aromatic heterocycles. The molecule has 2 heterocycles. The summed E-state index contributed by atoms with van der Waals surface area (Å²) < 4.78 is 5.94. The lowest BCUT2D eigenvalue weighted by Crippen LogP contribution is -2.41. The third-order valence-electron chi connectivity index (χ3n) is 4.72. The highest BCUT2D eigenvalue weighted by molar-refractivity contribution is 6.06. The van der Waals surface area contributed by atoms with Crippen molar-refractivity contribution in [3.8, 4) is 11.5 Å². The van der Waals surface area contributed by atoms with Crippen LogP contribution < -0.4 is 10.1 Å². The van der Waals surface area contributed by atoms with E-state index < -0.39 is 11.6 Å². The lowest BCUT2D eigenvalue weighted by Gasteiger charge is -2.21. The summed E-state index contributed by atoms with van der Waals surface area (Å²) >= 11 is 0. The number of pyridine rings is 1. The van der Waals surface area contributed by atoms with Gasteiger partial charge in [-0.1, -0.05) is 42.5 Å². The molecule has 0 bridgehead atoms. The van der Waals surface area contributed by atoms with E-state index in [9.17, 15) is 9.59 Å². The van der Waals surface area contributed by atoms with Gasteiger partial charge in [-0.25, -0.2) is 4.79 Å². The molecule has 140 valence electrons. The third kappa shape index (κ3) is 3.20. The van der Waals surface area contributed by atoms with Crippen LogP contribution in [0, 0.1) is 0 Å². The van der Waals surface area contributed by atoms with Gasteiger partial charge in [0.2, 0.25) is 0 Å². The summed E-state index contributed by atoms with van der Waals surface area (Å²) in [5, 5.41) is 2.77. The Kier molecular flexibility index (Phi) is 4.53. The minimum absolute atomic E-state index is 0.107. The summed E-state index contributed by atoms with van der Waals surface area (Å²) in [4.78, 5) is 31.1. The zero-order valence-corrected chi connectivity index (χ0v) is 15.3. The van der Waals surface area contributed by atoms with Crippen LogP contribution in [0.15, 0.2) is 79.0 Å². The Morgan fingerprint density at radius 3 is 2.43 bits per heavy atom. The molecule has 2 aromatic carbocycles. The fourth-order valence-electron chi connectivity index (χ4n) is 3.19. The van der Waals surface area contributed by atoms with E-state index in [0.717, 1.165) is 5.56 Å². The number of ether oxygens (including phenoxy) is 1. The first-order chi connectivity index (χ1) is 13.6. The number of carbonyl (C=O) groups is 2. The van der Waals surface area contributed by atoms with Gasteiger partial charge in [0.1, 0.15) is 11.5 Å². The molecule has 1 aliphatic heterocycles. The molecule has 1 atom stereocenters. The van der Waals surface area contributed by atoms with Crippen LogP contribution in [0.25, 0.3) is 0 Å². The van der Waals surface area contributed by atoms with Crippen LogP contribution in [-0.4, -0.2) is 21.8 Å². The largest absolute Gasteiger partial charge is 0.457 e. The first-order valence-corrected chi connectivity index (χ1v) is 8.94. The van der Waals surface area contributed by atoms with Crippen molar-refractivity contribution in [2.75, 3.05) is 0 Å². The fourth-order valence-corrected chi connectivity index (χ4v) is 3.19. The molecule has 0 spiro atoms.